The minimum atomic E-state index is -0.0793. The van der Waals surface area contributed by atoms with Gasteiger partial charge in [0.2, 0.25) is 0 Å². The monoisotopic (exact) mass is 415 g/mol. The normalized spacial score (nSPS) is 14.7. The van der Waals surface area contributed by atoms with Crippen LogP contribution in [0.4, 0.5) is 16.2 Å². The van der Waals surface area contributed by atoms with Crippen molar-refractivity contribution in [3.8, 4) is 0 Å². The first-order valence-corrected chi connectivity index (χ1v) is 9.14. The molecule has 1 saturated heterocycles. The maximum Gasteiger partial charge on any atom is 0.321 e. The zero-order chi connectivity index (χ0) is 18.1. The van der Waals surface area contributed by atoms with Gasteiger partial charge < -0.3 is 15.1 Å². The molecule has 8 nitrogen and oxygen atoms in total. The predicted octanol–water partition coefficient (Wildman–Crippen LogP) is 2.55. The molecule has 26 heavy (non-hydrogen) atoms. The molecule has 1 aromatic carbocycles. The summed E-state index contributed by atoms with van der Waals surface area (Å²) < 4.78 is 2.65. The number of fused-ring (bicyclic) bond motifs is 1. The molecule has 1 aliphatic rings. The average Bonchev–Trinajstić information content (AvgIpc) is 3.02. The number of hydrogen-bond donors (Lipinski definition) is 1. The fraction of sp³-hybridized carbons (Fsp3) is 0.294. The summed E-state index contributed by atoms with van der Waals surface area (Å²) in [7, 11) is 0. The van der Waals surface area contributed by atoms with Crippen LogP contribution in [-0.4, -0.2) is 56.9 Å². The van der Waals surface area contributed by atoms with E-state index >= 15 is 0 Å². The fourth-order valence-electron chi connectivity index (χ4n) is 3.00. The van der Waals surface area contributed by atoms with Crippen molar-refractivity contribution < 1.29 is 4.79 Å². The Morgan fingerprint density at radius 3 is 2.73 bits per heavy atom. The second kappa shape index (κ2) is 6.91. The Hall–Kier alpha value is -2.68. The maximum absolute atomic E-state index is 12.4. The highest BCUT2D eigenvalue weighted by atomic mass is 79.9. The summed E-state index contributed by atoms with van der Waals surface area (Å²) in [6.45, 7) is 4.66. The third-order valence-corrected chi connectivity index (χ3v) is 4.90. The SMILES string of the molecule is Cc1nnc2cc(N3CCN(C(=O)Nc4cccc(Br)c4)CC3)cnn12. The molecule has 3 aromatic rings. The maximum atomic E-state index is 12.4. The molecule has 0 radical (unpaired) electrons. The minimum absolute atomic E-state index is 0.0793. The first kappa shape index (κ1) is 16.8. The van der Waals surface area contributed by atoms with Gasteiger partial charge in [-0.1, -0.05) is 22.0 Å². The van der Waals surface area contributed by atoms with Gasteiger partial charge in [0.15, 0.2) is 11.5 Å². The first-order valence-electron chi connectivity index (χ1n) is 8.35. The lowest BCUT2D eigenvalue weighted by molar-refractivity contribution is 0.208. The van der Waals surface area contributed by atoms with Gasteiger partial charge in [0, 0.05) is 42.4 Å². The van der Waals surface area contributed by atoms with Crippen LogP contribution in [-0.2, 0) is 0 Å². The number of aromatic nitrogens is 4. The summed E-state index contributed by atoms with van der Waals surface area (Å²) >= 11 is 3.41. The lowest BCUT2D eigenvalue weighted by atomic mass is 10.3. The molecule has 1 aliphatic heterocycles. The van der Waals surface area contributed by atoms with Crippen LogP contribution in [0.25, 0.3) is 5.65 Å². The fourth-order valence-corrected chi connectivity index (χ4v) is 3.40. The van der Waals surface area contributed by atoms with Crippen LogP contribution >= 0.6 is 15.9 Å². The highest BCUT2D eigenvalue weighted by Gasteiger charge is 2.22. The summed E-state index contributed by atoms with van der Waals surface area (Å²) in [6, 6.07) is 9.48. The van der Waals surface area contributed by atoms with E-state index < -0.39 is 0 Å². The van der Waals surface area contributed by atoms with Crippen molar-refractivity contribution in [3.05, 3.63) is 46.8 Å². The number of piperazine rings is 1. The Balaban J connectivity index is 1.39. The van der Waals surface area contributed by atoms with Gasteiger partial charge in [-0.05, 0) is 25.1 Å². The van der Waals surface area contributed by atoms with Crippen LogP contribution in [0.2, 0.25) is 0 Å². The average molecular weight is 416 g/mol. The van der Waals surface area contributed by atoms with Crippen molar-refractivity contribution in [1.82, 2.24) is 24.7 Å². The van der Waals surface area contributed by atoms with Crippen molar-refractivity contribution >= 4 is 39.0 Å². The molecule has 2 amide bonds. The summed E-state index contributed by atoms with van der Waals surface area (Å²) in [5, 5.41) is 15.5. The number of aryl methyl sites for hydroxylation is 1. The van der Waals surface area contributed by atoms with Gasteiger partial charge in [-0.15, -0.1) is 10.2 Å². The van der Waals surface area contributed by atoms with Gasteiger partial charge in [-0.25, -0.2) is 4.79 Å². The van der Waals surface area contributed by atoms with E-state index in [1.165, 1.54) is 0 Å². The molecule has 2 aromatic heterocycles. The Morgan fingerprint density at radius 1 is 1.15 bits per heavy atom. The number of urea groups is 1. The number of benzene rings is 1. The van der Waals surface area contributed by atoms with E-state index in [-0.39, 0.29) is 6.03 Å². The van der Waals surface area contributed by atoms with E-state index in [2.05, 4.69) is 41.4 Å². The van der Waals surface area contributed by atoms with Crippen molar-refractivity contribution in [2.24, 2.45) is 0 Å². The van der Waals surface area contributed by atoms with Crippen LogP contribution in [0.15, 0.2) is 41.0 Å². The molecule has 3 heterocycles. The molecule has 0 bridgehead atoms. The second-order valence-electron chi connectivity index (χ2n) is 6.15. The number of nitrogens with zero attached hydrogens (tertiary/aromatic N) is 6. The van der Waals surface area contributed by atoms with E-state index in [9.17, 15) is 4.79 Å². The molecule has 0 unspecified atom stereocenters. The zero-order valence-corrected chi connectivity index (χ0v) is 15.8. The summed E-state index contributed by atoms with van der Waals surface area (Å²) in [5.74, 6) is 0.764. The van der Waals surface area contributed by atoms with Crippen molar-refractivity contribution in [2.45, 2.75) is 6.92 Å². The number of rotatable bonds is 2. The standard InChI is InChI=1S/C17H18BrN7O/c1-12-21-22-16-10-15(11-19-25(12)16)23-5-7-24(8-6-23)17(26)20-14-4-2-3-13(18)9-14/h2-4,9-11H,5-8H2,1H3,(H,20,26). The van der Waals surface area contributed by atoms with Gasteiger partial charge in [0.1, 0.15) is 0 Å². The second-order valence-corrected chi connectivity index (χ2v) is 7.06. The molecule has 134 valence electrons. The lowest BCUT2D eigenvalue weighted by Gasteiger charge is -2.35. The largest absolute Gasteiger partial charge is 0.367 e. The Bertz CT molecular complexity index is 949. The van der Waals surface area contributed by atoms with E-state index in [1.807, 2.05) is 48.4 Å². The zero-order valence-electron chi connectivity index (χ0n) is 14.3. The topological polar surface area (TPSA) is 78.7 Å². The first-order chi connectivity index (χ1) is 12.6. The molecule has 0 saturated carbocycles. The number of anilines is 2. The van der Waals surface area contributed by atoms with Crippen LogP contribution in [0.1, 0.15) is 5.82 Å². The Labute approximate surface area is 158 Å². The number of amides is 2. The predicted molar refractivity (Wildman–Crippen MR) is 102 cm³/mol. The molecule has 4 rings (SSSR count). The molecule has 0 spiro atoms. The van der Waals surface area contributed by atoms with E-state index in [0.717, 1.165) is 40.4 Å². The van der Waals surface area contributed by atoms with E-state index in [1.54, 1.807) is 4.52 Å². The van der Waals surface area contributed by atoms with Gasteiger partial charge in [-0.3, -0.25) is 0 Å². The molecule has 0 aliphatic carbocycles. The van der Waals surface area contributed by atoms with Gasteiger partial charge >= 0.3 is 6.03 Å². The molecule has 1 N–H and O–H groups in total. The Morgan fingerprint density at radius 2 is 1.96 bits per heavy atom. The highest BCUT2D eigenvalue weighted by molar-refractivity contribution is 9.10. The number of nitrogens with one attached hydrogen (secondary N) is 1. The molecule has 9 heteroatoms. The molecule has 0 atom stereocenters. The number of carbonyl (C=O) groups is 1. The highest BCUT2D eigenvalue weighted by Crippen LogP contribution is 2.19. The smallest absolute Gasteiger partial charge is 0.321 e. The van der Waals surface area contributed by atoms with E-state index in [0.29, 0.717) is 13.1 Å². The van der Waals surface area contributed by atoms with Gasteiger partial charge in [0.25, 0.3) is 0 Å². The molecular formula is C17H18BrN7O. The number of hydrogen-bond acceptors (Lipinski definition) is 5. The van der Waals surface area contributed by atoms with Crippen molar-refractivity contribution in [2.75, 3.05) is 36.4 Å². The number of halogens is 1. The Kier molecular flexibility index (Phi) is 4.46. The summed E-state index contributed by atoms with van der Waals surface area (Å²) in [5.41, 5.74) is 2.51. The van der Waals surface area contributed by atoms with Crippen LogP contribution in [0, 0.1) is 6.92 Å². The third-order valence-electron chi connectivity index (χ3n) is 4.41. The number of carbonyl (C=O) groups excluding carboxylic acids is 1. The molecule has 1 fully saturated rings. The van der Waals surface area contributed by atoms with Crippen LogP contribution in [0.3, 0.4) is 0 Å². The van der Waals surface area contributed by atoms with Crippen molar-refractivity contribution in [3.63, 3.8) is 0 Å². The lowest BCUT2D eigenvalue weighted by Crippen LogP contribution is -2.50. The van der Waals surface area contributed by atoms with E-state index in [4.69, 9.17) is 0 Å². The van der Waals surface area contributed by atoms with Gasteiger partial charge in [0.05, 0.1) is 11.9 Å². The summed E-state index contributed by atoms with van der Waals surface area (Å²) in [6.07, 6.45) is 1.82. The van der Waals surface area contributed by atoms with Crippen LogP contribution in [0.5, 0.6) is 0 Å². The minimum Gasteiger partial charge on any atom is -0.367 e. The third kappa shape index (κ3) is 3.34. The van der Waals surface area contributed by atoms with Crippen molar-refractivity contribution in [1.29, 1.82) is 0 Å². The van der Waals surface area contributed by atoms with Gasteiger partial charge in [-0.2, -0.15) is 9.61 Å². The summed E-state index contributed by atoms with van der Waals surface area (Å²) in [4.78, 5) is 16.5. The quantitative estimate of drug-likeness (QED) is 0.695. The molecular weight excluding hydrogens is 398 g/mol. The van der Waals surface area contributed by atoms with Crippen LogP contribution < -0.4 is 10.2 Å².